The summed E-state index contributed by atoms with van der Waals surface area (Å²) in [5.74, 6) is 0.761. The van der Waals surface area contributed by atoms with E-state index in [-0.39, 0.29) is 0 Å². The van der Waals surface area contributed by atoms with Crippen LogP contribution < -0.4 is 4.74 Å². The lowest BCUT2D eigenvalue weighted by atomic mass is 10.2. The van der Waals surface area contributed by atoms with Gasteiger partial charge in [-0.15, -0.1) is 0 Å². The minimum Gasteiger partial charge on any atom is -0.494 e. The van der Waals surface area contributed by atoms with Gasteiger partial charge in [-0.2, -0.15) is 0 Å². The third kappa shape index (κ3) is 2.54. The topological polar surface area (TPSA) is 46.5 Å². The summed E-state index contributed by atoms with van der Waals surface area (Å²) in [5, 5.41) is 0. The predicted octanol–water partition coefficient (Wildman–Crippen LogP) is 1.97. The molecule has 0 heterocycles. The molecule has 0 amide bonds. The molecule has 0 saturated heterocycles. The molecule has 72 valence electrons. The van der Waals surface area contributed by atoms with E-state index in [0.29, 0.717) is 11.5 Å². The molecule has 3 nitrogen and oxygen atoms in total. The maximum Gasteiger partial charge on any atom is 0.186 e. The summed E-state index contributed by atoms with van der Waals surface area (Å²) in [7, 11) is 0. The normalized spacial score (nSPS) is 12.5. The second-order valence-electron chi connectivity index (χ2n) is 2.61. The molecule has 0 bridgehead atoms. The Kier molecular flexibility index (Phi) is 3.45. The average Bonchev–Trinajstić information content (AvgIpc) is 2.08. The fourth-order valence-electron chi connectivity index (χ4n) is 1.05. The number of hydrogen-bond acceptors (Lipinski definition) is 2. The molecule has 0 saturated carbocycles. The number of aryl methyl sites for hydroxylation is 1. The molecule has 1 unspecified atom stereocenters. The van der Waals surface area contributed by atoms with Crippen molar-refractivity contribution in [3.8, 4) is 5.75 Å². The van der Waals surface area contributed by atoms with Gasteiger partial charge in [0.1, 0.15) is 5.75 Å². The quantitative estimate of drug-likeness (QED) is 0.759. The minimum absolute atomic E-state index is 0.404. The number of ether oxygens (including phenoxy) is 1. The van der Waals surface area contributed by atoms with Crippen LogP contribution in [0.1, 0.15) is 12.5 Å². The minimum atomic E-state index is -1.91. The average molecular weight is 200 g/mol. The molecule has 1 N–H and O–H groups in total. The first-order chi connectivity index (χ1) is 6.15. The highest BCUT2D eigenvalue weighted by atomic mass is 32.2. The van der Waals surface area contributed by atoms with Crippen LogP contribution in [-0.4, -0.2) is 15.4 Å². The van der Waals surface area contributed by atoms with Crippen LogP contribution in [0.3, 0.4) is 0 Å². The van der Waals surface area contributed by atoms with Crippen molar-refractivity contribution in [3.63, 3.8) is 0 Å². The second-order valence-corrected chi connectivity index (χ2v) is 3.58. The van der Waals surface area contributed by atoms with E-state index >= 15 is 0 Å². The lowest BCUT2D eigenvalue weighted by Crippen LogP contribution is -1.95. The maximum atomic E-state index is 10.7. The Morgan fingerprint density at radius 3 is 2.69 bits per heavy atom. The van der Waals surface area contributed by atoms with E-state index in [1.807, 2.05) is 13.8 Å². The van der Waals surface area contributed by atoms with Gasteiger partial charge in [-0.25, -0.2) is 4.21 Å². The van der Waals surface area contributed by atoms with E-state index in [2.05, 4.69) is 0 Å². The van der Waals surface area contributed by atoms with Crippen molar-refractivity contribution in [1.29, 1.82) is 0 Å². The third-order valence-electron chi connectivity index (χ3n) is 1.65. The smallest absolute Gasteiger partial charge is 0.186 e. The van der Waals surface area contributed by atoms with E-state index in [0.717, 1.165) is 11.3 Å². The van der Waals surface area contributed by atoms with Crippen LogP contribution in [0, 0.1) is 6.92 Å². The first-order valence-electron chi connectivity index (χ1n) is 3.99. The summed E-state index contributed by atoms with van der Waals surface area (Å²) in [6.45, 7) is 4.35. The Hall–Kier alpha value is -0.870. The molecule has 1 aromatic rings. The fraction of sp³-hybridized carbons (Fsp3) is 0.333. The van der Waals surface area contributed by atoms with Gasteiger partial charge < -0.3 is 9.29 Å². The molecule has 0 aromatic heterocycles. The van der Waals surface area contributed by atoms with Crippen molar-refractivity contribution < 1.29 is 13.5 Å². The van der Waals surface area contributed by atoms with Gasteiger partial charge in [-0.3, -0.25) is 0 Å². The molecule has 0 aliphatic rings. The first kappa shape index (κ1) is 10.2. The summed E-state index contributed by atoms with van der Waals surface area (Å²) < 4.78 is 24.8. The second kappa shape index (κ2) is 4.39. The van der Waals surface area contributed by atoms with Crippen molar-refractivity contribution in [2.24, 2.45) is 0 Å². The standard InChI is InChI=1S/C9H12O3S/c1-3-12-9-5-4-8(13(10)11)6-7(9)2/h4-6H,3H2,1-2H3,(H,10,11). The van der Waals surface area contributed by atoms with Crippen LogP contribution in [0.15, 0.2) is 23.1 Å². The highest BCUT2D eigenvalue weighted by Crippen LogP contribution is 2.20. The maximum absolute atomic E-state index is 10.7. The molecule has 0 aliphatic carbocycles. The predicted molar refractivity (Wildman–Crippen MR) is 51.4 cm³/mol. The monoisotopic (exact) mass is 200 g/mol. The van der Waals surface area contributed by atoms with Gasteiger partial charge in [0.25, 0.3) is 0 Å². The first-order valence-corrected chi connectivity index (χ1v) is 5.10. The Labute approximate surface area is 80.0 Å². The summed E-state index contributed by atoms with van der Waals surface area (Å²) in [4.78, 5) is 0.404. The molecular weight excluding hydrogens is 188 g/mol. The zero-order valence-corrected chi connectivity index (χ0v) is 8.43. The molecule has 1 aromatic carbocycles. The molecule has 4 heteroatoms. The van der Waals surface area contributed by atoms with Crippen molar-refractivity contribution in [2.45, 2.75) is 18.7 Å². The number of rotatable bonds is 3. The van der Waals surface area contributed by atoms with Gasteiger partial charge in [0.05, 0.1) is 11.5 Å². The summed E-state index contributed by atoms with van der Waals surface area (Å²) in [6.07, 6.45) is 0. The highest BCUT2D eigenvalue weighted by Gasteiger charge is 2.03. The van der Waals surface area contributed by atoms with Crippen LogP contribution in [0.4, 0.5) is 0 Å². The van der Waals surface area contributed by atoms with E-state index in [1.54, 1.807) is 18.2 Å². The number of hydrogen-bond donors (Lipinski definition) is 1. The Balaban J connectivity index is 2.98. The van der Waals surface area contributed by atoms with Crippen molar-refractivity contribution in [2.75, 3.05) is 6.61 Å². The molecule has 0 spiro atoms. The highest BCUT2D eigenvalue weighted by molar-refractivity contribution is 7.79. The van der Waals surface area contributed by atoms with Crippen molar-refractivity contribution in [1.82, 2.24) is 0 Å². The van der Waals surface area contributed by atoms with Gasteiger partial charge in [0, 0.05) is 0 Å². The van der Waals surface area contributed by atoms with Gasteiger partial charge in [-0.05, 0) is 37.6 Å². The van der Waals surface area contributed by atoms with Gasteiger partial charge >= 0.3 is 0 Å². The Bertz CT molecular complexity index is 323. The largest absolute Gasteiger partial charge is 0.494 e. The van der Waals surface area contributed by atoms with E-state index in [4.69, 9.17) is 9.29 Å². The third-order valence-corrected chi connectivity index (χ3v) is 2.31. The van der Waals surface area contributed by atoms with E-state index in [1.165, 1.54) is 0 Å². The van der Waals surface area contributed by atoms with Crippen LogP contribution in [-0.2, 0) is 11.1 Å². The Morgan fingerprint density at radius 2 is 2.23 bits per heavy atom. The van der Waals surface area contributed by atoms with Crippen molar-refractivity contribution >= 4 is 11.1 Å². The fourth-order valence-corrected chi connectivity index (χ4v) is 1.51. The lowest BCUT2D eigenvalue weighted by Gasteiger charge is -2.06. The van der Waals surface area contributed by atoms with Crippen LogP contribution >= 0.6 is 0 Å². The van der Waals surface area contributed by atoms with Gasteiger partial charge in [0.15, 0.2) is 11.1 Å². The number of benzene rings is 1. The molecule has 1 atom stereocenters. The van der Waals surface area contributed by atoms with Gasteiger partial charge in [-0.1, -0.05) is 0 Å². The van der Waals surface area contributed by atoms with E-state index in [9.17, 15) is 4.21 Å². The zero-order chi connectivity index (χ0) is 9.84. The molecule has 0 aliphatic heterocycles. The molecule has 1 rings (SSSR count). The summed E-state index contributed by atoms with van der Waals surface area (Å²) in [6, 6.07) is 4.96. The lowest BCUT2D eigenvalue weighted by molar-refractivity contribution is 0.337. The van der Waals surface area contributed by atoms with Crippen LogP contribution in [0.25, 0.3) is 0 Å². The molecule has 0 radical (unpaired) electrons. The summed E-state index contributed by atoms with van der Waals surface area (Å²) >= 11 is -1.91. The zero-order valence-electron chi connectivity index (χ0n) is 7.61. The molecule has 13 heavy (non-hydrogen) atoms. The van der Waals surface area contributed by atoms with Gasteiger partial charge in [0.2, 0.25) is 0 Å². The summed E-state index contributed by atoms with van der Waals surface area (Å²) in [5.41, 5.74) is 0.877. The SMILES string of the molecule is CCOc1ccc(S(=O)O)cc1C. The molecule has 0 fully saturated rings. The Morgan fingerprint density at radius 1 is 1.54 bits per heavy atom. The van der Waals surface area contributed by atoms with Crippen LogP contribution in [0.5, 0.6) is 5.75 Å². The van der Waals surface area contributed by atoms with Crippen molar-refractivity contribution in [3.05, 3.63) is 23.8 Å². The van der Waals surface area contributed by atoms with E-state index < -0.39 is 11.1 Å². The molecular formula is C9H12O3S. The van der Waals surface area contributed by atoms with Crippen LogP contribution in [0.2, 0.25) is 0 Å².